The second kappa shape index (κ2) is 6.89. The molecule has 2 saturated heterocycles. The molecule has 1 aliphatic carbocycles. The molecule has 1 atom stereocenters. The van der Waals surface area contributed by atoms with Crippen molar-refractivity contribution in [2.45, 2.75) is 57.4 Å². The summed E-state index contributed by atoms with van der Waals surface area (Å²) in [7, 11) is 0. The van der Waals surface area contributed by atoms with Gasteiger partial charge >= 0.3 is 5.97 Å². The Bertz CT molecular complexity index is 479. The first-order valence-corrected chi connectivity index (χ1v) is 8.87. The van der Waals surface area contributed by atoms with Crippen LogP contribution in [0.5, 0.6) is 0 Å². The van der Waals surface area contributed by atoms with Crippen LogP contribution in [0.1, 0.15) is 51.4 Å². The molecular weight excluding hydrogens is 296 g/mol. The largest absolute Gasteiger partial charge is 0.481 e. The molecule has 3 aliphatic rings. The van der Waals surface area contributed by atoms with E-state index in [0.717, 1.165) is 12.8 Å². The van der Waals surface area contributed by atoms with Gasteiger partial charge in [-0.1, -0.05) is 19.3 Å². The highest BCUT2D eigenvalue weighted by Gasteiger charge is 2.40. The van der Waals surface area contributed by atoms with Gasteiger partial charge < -0.3 is 14.9 Å². The summed E-state index contributed by atoms with van der Waals surface area (Å²) < 4.78 is 0. The van der Waals surface area contributed by atoms with Gasteiger partial charge in [-0.15, -0.1) is 0 Å². The van der Waals surface area contributed by atoms with Crippen molar-refractivity contribution in [1.29, 1.82) is 0 Å². The molecule has 0 spiro atoms. The van der Waals surface area contributed by atoms with Gasteiger partial charge in [0.1, 0.15) is 0 Å². The Morgan fingerprint density at radius 2 is 1.61 bits per heavy atom. The van der Waals surface area contributed by atoms with Gasteiger partial charge in [-0.25, -0.2) is 0 Å². The van der Waals surface area contributed by atoms with Crippen molar-refractivity contribution in [3.05, 3.63) is 0 Å². The number of carboxylic acids is 1. The number of carbonyl (C=O) groups is 3. The summed E-state index contributed by atoms with van der Waals surface area (Å²) in [6.45, 7) is 1.56. The summed E-state index contributed by atoms with van der Waals surface area (Å²) in [5.74, 6) is -1.17. The number of carbonyl (C=O) groups excluding carboxylic acids is 2. The molecule has 128 valence electrons. The van der Waals surface area contributed by atoms with E-state index in [-0.39, 0.29) is 23.7 Å². The predicted molar refractivity (Wildman–Crippen MR) is 83.6 cm³/mol. The number of carboxylic acid groups (broad SMARTS) is 1. The van der Waals surface area contributed by atoms with Crippen LogP contribution >= 0.6 is 0 Å². The molecule has 6 nitrogen and oxygen atoms in total. The fraction of sp³-hybridized carbons (Fsp3) is 0.824. The second-order valence-corrected chi connectivity index (χ2v) is 7.18. The molecule has 0 aromatic rings. The normalized spacial score (nSPS) is 27.5. The third-order valence-corrected chi connectivity index (χ3v) is 5.68. The van der Waals surface area contributed by atoms with Crippen molar-refractivity contribution in [2.24, 2.45) is 11.8 Å². The molecule has 0 radical (unpaired) electrons. The first kappa shape index (κ1) is 16.3. The van der Waals surface area contributed by atoms with E-state index in [1.54, 1.807) is 4.90 Å². The molecule has 0 aromatic heterocycles. The van der Waals surface area contributed by atoms with Crippen LogP contribution in [0.15, 0.2) is 0 Å². The summed E-state index contributed by atoms with van der Waals surface area (Å²) in [6, 6.07) is 0.326. The molecule has 3 rings (SSSR count). The Morgan fingerprint density at radius 3 is 2.22 bits per heavy atom. The van der Waals surface area contributed by atoms with Gasteiger partial charge in [0.25, 0.3) is 0 Å². The van der Waals surface area contributed by atoms with E-state index in [1.807, 2.05) is 4.90 Å². The average molecular weight is 322 g/mol. The van der Waals surface area contributed by atoms with E-state index in [2.05, 4.69) is 0 Å². The molecule has 1 N–H and O–H groups in total. The summed E-state index contributed by atoms with van der Waals surface area (Å²) in [6.07, 6.45) is 7.11. The highest BCUT2D eigenvalue weighted by atomic mass is 16.4. The van der Waals surface area contributed by atoms with Crippen molar-refractivity contribution in [3.63, 3.8) is 0 Å². The molecule has 2 amide bonds. The first-order chi connectivity index (χ1) is 11.1. The van der Waals surface area contributed by atoms with Gasteiger partial charge in [-0.2, -0.15) is 0 Å². The highest BCUT2D eigenvalue weighted by Crippen LogP contribution is 2.30. The number of nitrogens with zero attached hydrogens (tertiary/aromatic N) is 2. The fourth-order valence-electron chi connectivity index (χ4n) is 4.25. The third-order valence-electron chi connectivity index (χ3n) is 5.68. The maximum atomic E-state index is 12.7. The number of hydrogen-bond acceptors (Lipinski definition) is 3. The molecule has 1 unspecified atom stereocenters. The lowest BCUT2D eigenvalue weighted by molar-refractivity contribution is -0.146. The monoisotopic (exact) mass is 322 g/mol. The summed E-state index contributed by atoms with van der Waals surface area (Å²) in [5, 5.41) is 9.03. The van der Waals surface area contributed by atoms with Crippen molar-refractivity contribution in [1.82, 2.24) is 9.80 Å². The number of amides is 2. The molecule has 2 aliphatic heterocycles. The second-order valence-electron chi connectivity index (χ2n) is 7.18. The number of rotatable bonds is 3. The molecule has 0 bridgehead atoms. The Kier molecular flexibility index (Phi) is 4.87. The fourth-order valence-corrected chi connectivity index (χ4v) is 4.25. The van der Waals surface area contributed by atoms with Crippen LogP contribution in [0.4, 0.5) is 0 Å². The minimum atomic E-state index is -0.767. The Hall–Kier alpha value is -1.59. The van der Waals surface area contributed by atoms with Crippen molar-refractivity contribution < 1.29 is 19.5 Å². The molecule has 23 heavy (non-hydrogen) atoms. The average Bonchev–Trinajstić information content (AvgIpc) is 2.97. The smallest absolute Gasteiger partial charge is 0.306 e. The standard InChI is InChI=1S/C17H26N2O4/c20-15-10-13(11-19(15)14-4-2-1-3-5-14)16(21)18-8-6-12(7-9-18)17(22)23/h12-14H,1-11H2,(H,22,23). The van der Waals surface area contributed by atoms with Crippen LogP contribution in [0, 0.1) is 11.8 Å². The molecule has 0 aromatic carbocycles. The maximum Gasteiger partial charge on any atom is 0.306 e. The van der Waals surface area contributed by atoms with Crippen molar-refractivity contribution >= 4 is 17.8 Å². The van der Waals surface area contributed by atoms with Crippen LogP contribution < -0.4 is 0 Å². The van der Waals surface area contributed by atoms with Gasteiger partial charge in [-0.05, 0) is 25.7 Å². The zero-order valence-electron chi connectivity index (χ0n) is 13.6. The van der Waals surface area contributed by atoms with Gasteiger partial charge in [0.05, 0.1) is 11.8 Å². The lowest BCUT2D eigenvalue weighted by Crippen LogP contribution is -2.44. The SMILES string of the molecule is O=C(O)C1CCN(C(=O)C2CC(=O)N(C3CCCCC3)C2)CC1. The Balaban J connectivity index is 1.54. The van der Waals surface area contributed by atoms with Crippen LogP contribution in [0.2, 0.25) is 0 Å². The zero-order chi connectivity index (χ0) is 16.4. The van der Waals surface area contributed by atoms with E-state index in [1.165, 1.54) is 19.3 Å². The summed E-state index contributed by atoms with van der Waals surface area (Å²) in [4.78, 5) is 39.6. The van der Waals surface area contributed by atoms with Crippen LogP contribution in [-0.2, 0) is 14.4 Å². The number of piperidine rings is 1. The van der Waals surface area contributed by atoms with Gasteiger partial charge in [0, 0.05) is 32.1 Å². The van der Waals surface area contributed by atoms with Gasteiger partial charge in [0.15, 0.2) is 0 Å². The maximum absolute atomic E-state index is 12.7. The van der Waals surface area contributed by atoms with Crippen LogP contribution in [-0.4, -0.2) is 58.4 Å². The van der Waals surface area contributed by atoms with E-state index in [9.17, 15) is 14.4 Å². The predicted octanol–water partition coefficient (Wildman–Crippen LogP) is 1.49. The molecule has 1 saturated carbocycles. The van der Waals surface area contributed by atoms with Crippen LogP contribution in [0.25, 0.3) is 0 Å². The lowest BCUT2D eigenvalue weighted by Gasteiger charge is -2.33. The Morgan fingerprint density at radius 1 is 0.957 bits per heavy atom. The highest BCUT2D eigenvalue weighted by molar-refractivity contribution is 5.89. The molecule has 6 heteroatoms. The minimum Gasteiger partial charge on any atom is -0.481 e. The van der Waals surface area contributed by atoms with Crippen molar-refractivity contribution in [3.8, 4) is 0 Å². The van der Waals surface area contributed by atoms with Crippen LogP contribution in [0.3, 0.4) is 0 Å². The summed E-state index contributed by atoms with van der Waals surface area (Å²) >= 11 is 0. The van der Waals surface area contributed by atoms with Gasteiger partial charge in [0.2, 0.25) is 11.8 Å². The van der Waals surface area contributed by atoms with E-state index in [4.69, 9.17) is 5.11 Å². The van der Waals surface area contributed by atoms with Crippen molar-refractivity contribution in [2.75, 3.05) is 19.6 Å². The number of likely N-dealkylation sites (tertiary alicyclic amines) is 2. The molecular formula is C17H26N2O4. The zero-order valence-corrected chi connectivity index (χ0v) is 13.6. The Labute approximate surface area is 136 Å². The summed E-state index contributed by atoms with van der Waals surface area (Å²) in [5.41, 5.74) is 0. The first-order valence-electron chi connectivity index (χ1n) is 8.87. The van der Waals surface area contributed by atoms with E-state index < -0.39 is 5.97 Å². The number of hydrogen-bond donors (Lipinski definition) is 1. The number of aliphatic carboxylic acids is 1. The van der Waals surface area contributed by atoms with Gasteiger partial charge in [-0.3, -0.25) is 14.4 Å². The molecule has 2 heterocycles. The third kappa shape index (κ3) is 3.51. The minimum absolute atomic E-state index is 0.0421. The van der Waals surface area contributed by atoms with E-state index >= 15 is 0 Å². The molecule has 3 fully saturated rings. The quantitative estimate of drug-likeness (QED) is 0.854. The lowest BCUT2D eigenvalue weighted by atomic mass is 9.94. The topological polar surface area (TPSA) is 77.9 Å². The van der Waals surface area contributed by atoms with E-state index in [0.29, 0.717) is 44.9 Å².